The molecule has 24 heavy (non-hydrogen) atoms. The molecular weight excluding hydrogens is 304 g/mol. The molecule has 1 saturated carbocycles. The first-order chi connectivity index (χ1) is 11.5. The van der Waals surface area contributed by atoms with E-state index in [1.807, 2.05) is 17.0 Å². The molecule has 2 heterocycles. The maximum absolute atomic E-state index is 12.7. The Bertz CT molecular complexity index is 641. The number of nitrogens with one attached hydrogen (secondary N) is 1. The van der Waals surface area contributed by atoms with Crippen LogP contribution in [0.25, 0.3) is 0 Å². The van der Waals surface area contributed by atoms with E-state index in [9.17, 15) is 14.7 Å². The molecule has 2 amide bonds. The van der Waals surface area contributed by atoms with Gasteiger partial charge in [0, 0.05) is 25.4 Å². The average molecular weight is 328 g/mol. The van der Waals surface area contributed by atoms with Crippen LogP contribution in [-0.4, -0.2) is 40.4 Å². The fourth-order valence-electron chi connectivity index (χ4n) is 4.53. The minimum absolute atomic E-state index is 0.115. The van der Waals surface area contributed by atoms with E-state index >= 15 is 0 Å². The predicted molar refractivity (Wildman–Crippen MR) is 89.5 cm³/mol. The van der Waals surface area contributed by atoms with Crippen molar-refractivity contribution in [1.82, 2.24) is 10.2 Å². The SMILES string of the molecule is O=C1CCC2(CN(C(=O)C3CCC(c4ccc(O)cc4)CC3)C2)N1. The highest BCUT2D eigenvalue weighted by Gasteiger charge is 2.50. The third-order valence-corrected chi connectivity index (χ3v) is 5.97. The van der Waals surface area contributed by atoms with E-state index in [0.29, 0.717) is 31.2 Å². The number of hydrogen-bond donors (Lipinski definition) is 2. The molecule has 1 spiro atoms. The van der Waals surface area contributed by atoms with Crippen LogP contribution in [0.1, 0.15) is 50.0 Å². The first-order valence-corrected chi connectivity index (χ1v) is 8.93. The van der Waals surface area contributed by atoms with Gasteiger partial charge < -0.3 is 15.3 Å². The van der Waals surface area contributed by atoms with Crippen molar-refractivity contribution in [2.75, 3.05) is 13.1 Å². The van der Waals surface area contributed by atoms with E-state index < -0.39 is 0 Å². The molecule has 4 rings (SSSR count). The lowest BCUT2D eigenvalue weighted by atomic mass is 9.77. The minimum atomic E-state index is -0.115. The second-order valence-electron chi connectivity index (χ2n) is 7.66. The van der Waals surface area contributed by atoms with Crippen molar-refractivity contribution in [3.05, 3.63) is 29.8 Å². The summed E-state index contributed by atoms with van der Waals surface area (Å²) in [6.45, 7) is 1.38. The number of aromatic hydroxyl groups is 1. The first-order valence-electron chi connectivity index (χ1n) is 8.93. The van der Waals surface area contributed by atoms with Crippen molar-refractivity contribution in [2.24, 2.45) is 5.92 Å². The molecule has 0 unspecified atom stereocenters. The van der Waals surface area contributed by atoms with Gasteiger partial charge >= 0.3 is 0 Å². The number of rotatable bonds is 2. The van der Waals surface area contributed by atoms with Gasteiger partial charge in [0.2, 0.25) is 11.8 Å². The van der Waals surface area contributed by atoms with Gasteiger partial charge in [-0.2, -0.15) is 0 Å². The van der Waals surface area contributed by atoms with Gasteiger partial charge in [-0.05, 0) is 55.7 Å². The van der Waals surface area contributed by atoms with Crippen LogP contribution < -0.4 is 5.32 Å². The molecule has 2 N–H and O–H groups in total. The summed E-state index contributed by atoms with van der Waals surface area (Å²) < 4.78 is 0. The van der Waals surface area contributed by atoms with E-state index in [0.717, 1.165) is 32.1 Å². The molecule has 2 saturated heterocycles. The highest BCUT2D eigenvalue weighted by atomic mass is 16.3. The monoisotopic (exact) mass is 328 g/mol. The summed E-state index contributed by atoms with van der Waals surface area (Å²) in [6.07, 6.45) is 5.37. The molecule has 0 radical (unpaired) electrons. The van der Waals surface area contributed by atoms with Crippen LogP contribution >= 0.6 is 0 Å². The van der Waals surface area contributed by atoms with Crippen molar-refractivity contribution >= 4 is 11.8 Å². The molecule has 0 bridgehead atoms. The van der Waals surface area contributed by atoms with Crippen molar-refractivity contribution < 1.29 is 14.7 Å². The van der Waals surface area contributed by atoms with Crippen molar-refractivity contribution in [3.63, 3.8) is 0 Å². The first kappa shape index (κ1) is 15.5. The number of hydrogen-bond acceptors (Lipinski definition) is 3. The quantitative estimate of drug-likeness (QED) is 0.874. The molecule has 0 atom stereocenters. The van der Waals surface area contributed by atoms with Crippen LogP contribution in [-0.2, 0) is 9.59 Å². The topological polar surface area (TPSA) is 69.6 Å². The second-order valence-corrected chi connectivity index (χ2v) is 7.66. The zero-order valence-electron chi connectivity index (χ0n) is 13.8. The van der Waals surface area contributed by atoms with Gasteiger partial charge in [-0.3, -0.25) is 9.59 Å². The molecule has 2 aliphatic heterocycles. The Morgan fingerprint density at radius 3 is 2.38 bits per heavy atom. The molecule has 1 aromatic carbocycles. The number of carbonyl (C=O) groups excluding carboxylic acids is 2. The summed E-state index contributed by atoms with van der Waals surface area (Å²) in [7, 11) is 0. The number of benzene rings is 1. The Labute approximate surface area is 142 Å². The van der Waals surface area contributed by atoms with Gasteiger partial charge in [-0.15, -0.1) is 0 Å². The Hall–Kier alpha value is -2.04. The van der Waals surface area contributed by atoms with Crippen molar-refractivity contribution in [2.45, 2.75) is 50.0 Å². The molecule has 1 aliphatic carbocycles. The van der Waals surface area contributed by atoms with Crippen LogP contribution in [0.15, 0.2) is 24.3 Å². The standard InChI is InChI=1S/C19H24N2O3/c22-16-7-5-14(6-8-16)13-1-3-15(4-2-13)18(24)21-11-19(12-21)10-9-17(23)20-19/h5-8,13,15,22H,1-4,9-12H2,(H,20,23). The minimum Gasteiger partial charge on any atom is -0.508 e. The highest BCUT2D eigenvalue weighted by molar-refractivity contribution is 5.83. The molecule has 0 aromatic heterocycles. The van der Waals surface area contributed by atoms with Gasteiger partial charge in [0.25, 0.3) is 0 Å². The van der Waals surface area contributed by atoms with Gasteiger partial charge in [0.1, 0.15) is 5.75 Å². The smallest absolute Gasteiger partial charge is 0.225 e. The average Bonchev–Trinajstić information content (AvgIpc) is 2.96. The van der Waals surface area contributed by atoms with Crippen molar-refractivity contribution in [1.29, 1.82) is 0 Å². The summed E-state index contributed by atoms with van der Waals surface area (Å²) in [6, 6.07) is 7.46. The Morgan fingerprint density at radius 1 is 1.12 bits per heavy atom. The maximum Gasteiger partial charge on any atom is 0.225 e. The van der Waals surface area contributed by atoms with E-state index in [4.69, 9.17) is 0 Å². The van der Waals surface area contributed by atoms with E-state index in [2.05, 4.69) is 5.32 Å². The fourth-order valence-corrected chi connectivity index (χ4v) is 4.53. The summed E-state index contributed by atoms with van der Waals surface area (Å²) >= 11 is 0. The predicted octanol–water partition coefficient (Wildman–Crippen LogP) is 2.16. The summed E-state index contributed by atoms with van der Waals surface area (Å²) in [5, 5.41) is 12.4. The maximum atomic E-state index is 12.7. The summed E-state index contributed by atoms with van der Waals surface area (Å²) in [4.78, 5) is 26.0. The highest BCUT2D eigenvalue weighted by Crippen LogP contribution is 2.39. The Balaban J connectivity index is 1.29. The van der Waals surface area contributed by atoms with Crippen LogP contribution in [0.3, 0.4) is 0 Å². The lowest BCUT2D eigenvalue weighted by molar-refractivity contribution is -0.145. The van der Waals surface area contributed by atoms with Crippen LogP contribution in [0, 0.1) is 5.92 Å². The molecule has 128 valence electrons. The molecule has 5 heteroatoms. The fraction of sp³-hybridized carbons (Fsp3) is 0.579. The summed E-state index contributed by atoms with van der Waals surface area (Å²) in [5.74, 6) is 1.31. The largest absolute Gasteiger partial charge is 0.508 e. The number of phenolic OH excluding ortho intramolecular Hbond substituents is 1. The molecule has 3 aliphatic rings. The van der Waals surface area contributed by atoms with Crippen LogP contribution in [0.5, 0.6) is 5.75 Å². The van der Waals surface area contributed by atoms with Crippen LogP contribution in [0.4, 0.5) is 0 Å². The van der Waals surface area contributed by atoms with Crippen LogP contribution in [0.2, 0.25) is 0 Å². The lowest BCUT2D eigenvalue weighted by Crippen LogP contribution is -2.69. The van der Waals surface area contributed by atoms with Gasteiger partial charge in [-0.25, -0.2) is 0 Å². The van der Waals surface area contributed by atoms with Gasteiger partial charge in [0.05, 0.1) is 5.54 Å². The normalized spacial score (nSPS) is 28.5. The zero-order chi connectivity index (χ0) is 16.7. The second kappa shape index (κ2) is 5.80. The Morgan fingerprint density at radius 2 is 1.79 bits per heavy atom. The number of phenols is 1. The van der Waals surface area contributed by atoms with E-state index in [-0.39, 0.29) is 23.3 Å². The summed E-state index contributed by atoms with van der Waals surface area (Å²) in [5.41, 5.74) is 1.14. The number of amides is 2. The van der Waals surface area contributed by atoms with E-state index in [1.165, 1.54) is 5.56 Å². The number of likely N-dealkylation sites (tertiary alicyclic amines) is 1. The third kappa shape index (κ3) is 2.76. The van der Waals surface area contributed by atoms with Crippen molar-refractivity contribution in [3.8, 4) is 5.75 Å². The lowest BCUT2D eigenvalue weighted by Gasteiger charge is -2.49. The third-order valence-electron chi connectivity index (χ3n) is 5.97. The Kier molecular flexibility index (Phi) is 3.74. The number of carbonyl (C=O) groups is 2. The van der Waals surface area contributed by atoms with Gasteiger partial charge in [0.15, 0.2) is 0 Å². The molecule has 3 fully saturated rings. The zero-order valence-corrected chi connectivity index (χ0v) is 13.8. The van der Waals surface area contributed by atoms with Gasteiger partial charge in [-0.1, -0.05) is 12.1 Å². The molecule has 1 aromatic rings. The van der Waals surface area contributed by atoms with E-state index in [1.54, 1.807) is 12.1 Å². The molecule has 5 nitrogen and oxygen atoms in total. The number of nitrogens with zero attached hydrogens (tertiary/aromatic N) is 1. The molecular formula is C19H24N2O3.